The number of nitrogens with one attached hydrogen (secondary N) is 1. The normalized spacial score (nSPS) is 24.9. The first-order valence-corrected chi connectivity index (χ1v) is 6.45. The fraction of sp³-hybridized carbons (Fsp3) is 1.00. The summed E-state index contributed by atoms with van der Waals surface area (Å²) < 4.78 is 36.1. The highest BCUT2D eigenvalue weighted by Gasteiger charge is 2.28. The van der Waals surface area contributed by atoms with Crippen LogP contribution in [0, 0.1) is 5.92 Å². The Hall–Kier alpha value is -0.290. The first-order chi connectivity index (χ1) is 7.92. The highest BCUT2D eigenvalue weighted by atomic mass is 19.4. The van der Waals surface area contributed by atoms with Gasteiger partial charge in [0.25, 0.3) is 0 Å². The van der Waals surface area contributed by atoms with Crippen molar-refractivity contribution in [3.63, 3.8) is 0 Å². The third-order valence-corrected chi connectivity index (χ3v) is 3.57. The number of hydrogen-bond acceptors (Lipinski definition) is 2. The molecule has 2 unspecified atom stereocenters. The van der Waals surface area contributed by atoms with E-state index in [1.807, 2.05) is 6.92 Å². The maximum atomic E-state index is 12.0. The minimum absolute atomic E-state index is 0.0350. The van der Waals surface area contributed by atoms with Crippen molar-refractivity contribution in [2.75, 3.05) is 26.2 Å². The van der Waals surface area contributed by atoms with Crippen molar-refractivity contribution in [3.8, 4) is 0 Å². The van der Waals surface area contributed by atoms with Crippen molar-refractivity contribution in [3.05, 3.63) is 0 Å². The molecule has 2 nitrogen and oxygen atoms in total. The Balaban J connectivity index is 2.24. The molecule has 0 radical (unpaired) electrons. The highest BCUT2D eigenvalue weighted by molar-refractivity contribution is 4.80. The molecule has 1 aliphatic heterocycles. The van der Waals surface area contributed by atoms with Crippen LogP contribution >= 0.6 is 0 Å². The van der Waals surface area contributed by atoms with Crippen molar-refractivity contribution < 1.29 is 13.2 Å². The summed E-state index contributed by atoms with van der Waals surface area (Å²) in [7, 11) is 0. The lowest BCUT2D eigenvalue weighted by Gasteiger charge is -2.35. The van der Waals surface area contributed by atoms with Gasteiger partial charge in [-0.3, -0.25) is 0 Å². The molecule has 0 aliphatic carbocycles. The summed E-state index contributed by atoms with van der Waals surface area (Å²) in [5.41, 5.74) is 0. The third kappa shape index (κ3) is 5.73. The molecule has 2 atom stereocenters. The van der Waals surface area contributed by atoms with Crippen LogP contribution in [0.3, 0.4) is 0 Å². The van der Waals surface area contributed by atoms with Gasteiger partial charge in [-0.2, -0.15) is 13.2 Å². The molecule has 1 rings (SSSR count). The lowest BCUT2D eigenvalue weighted by molar-refractivity contribution is -0.133. The van der Waals surface area contributed by atoms with Crippen molar-refractivity contribution in [1.82, 2.24) is 10.2 Å². The second-order valence-corrected chi connectivity index (χ2v) is 4.90. The van der Waals surface area contributed by atoms with E-state index < -0.39 is 12.6 Å². The summed E-state index contributed by atoms with van der Waals surface area (Å²) in [5, 5.41) is 3.01. The summed E-state index contributed by atoms with van der Waals surface area (Å²) in [6.07, 6.45) is -2.50. The molecule has 1 aliphatic rings. The third-order valence-electron chi connectivity index (χ3n) is 3.57. The topological polar surface area (TPSA) is 15.3 Å². The van der Waals surface area contributed by atoms with Crippen LogP contribution in [0.2, 0.25) is 0 Å². The van der Waals surface area contributed by atoms with E-state index in [4.69, 9.17) is 0 Å². The Morgan fingerprint density at radius 2 is 2.12 bits per heavy atom. The van der Waals surface area contributed by atoms with E-state index in [1.54, 1.807) is 0 Å². The average molecular weight is 252 g/mol. The fourth-order valence-electron chi connectivity index (χ4n) is 2.39. The summed E-state index contributed by atoms with van der Waals surface area (Å²) >= 11 is 0. The highest BCUT2D eigenvalue weighted by Crippen LogP contribution is 2.21. The Labute approximate surface area is 102 Å². The van der Waals surface area contributed by atoms with Crippen LogP contribution in [0.1, 0.15) is 33.1 Å². The molecule has 0 aromatic heterocycles. The van der Waals surface area contributed by atoms with Gasteiger partial charge in [-0.1, -0.05) is 6.92 Å². The van der Waals surface area contributed by atoms with Crippen molar-refractivity contribution in [2.24, 2.45) is 5.92 Å². The Bertz CT molecular complexity index is 218. The number of nitrogens with zero attached hydrogens (tertiary/aromatic N) is 1. The van der Waals surface area contributed by atoms with Crippen LogP contribution in [-0.4, -0.2) is 43.3 Å². The van der Waals surface area contributed by atoms with E-state index in [0.717, 1.165) is 32.5 Å². The molecule has 0 aromatic rings. The summed E-state index contributed by atoms with van der Waals surface area (Å²) in [4.78, 5) is 2.37. The molecule has 0 bridgehead atoms. The predicted molar refractivity (Wildman–Crippen MR) is 63.0 cm³/mol. The maximum absolute atomic E-state index is 12.0. The molecule has 1 heterocycles. The zero-order valence-electron chi connectivity index (χ0n) is 10.7. The van der Waals surface area contributed by atoms with E-state index >= 15 is 0 Å². The predicted octanol–water partition coefficient (Wildman–Crippen LogP) is 2.65. The van der Waals surface area contributed by atoms with E-state index in [1.165, 1.54) is 0 Å². The summed E-state index contributed by atoms with van der Waals surface area (Å²) in [6.45, 7) is 7.34. The molecule has 5 heteroatoms. The zero-order valence-corrected chi connectivity index (χ0v) is 10.7. The second-order valence-electron chi connectivity index (χ2n) is 4.90. The lowest BCUT2D eigenvalue weighted by Crippen LogP contribution is -2.45. The van der Waals surface area contributed by atoms with Crippen LogP contribution in [0.5, 0.6) is 0 Å². The van der Waals surface area contributed by atoms with E-state index in [0.29, 0.717) is 5.92 Å². The molecule has 0 saturated carbocycles. The Morgan fingerprint density at radius 3 is 2.71 bits per heavy atom. The largest absolute Gasteiger partial charge is 0.390 e. The van der Waals surface area contributed by atoms with Crippen LogP contribution in [0.4, 0.5) is 13.2 Å². The summed E-state index contributed by atoms with van der Waals surface area (Å²) in [6, 6.07) is 0.173. The molecule has 1 saturated heterocycles. The van der Waals surface area contributed by atoms with Gasteiger partial charge in [0, 0.05) is 19.1 Å². The monoisotopic (exact) mass is 252 g/mol. The van der Waals surface area contributed by atoms with E-state index in [9.17, 15) is 13.2 Å². The first-order valence-electron chi connectivity index (χ1n) is 6.45. The van der Waals surface area contributed by atoms with Gasteiger partial charge < -0.3 is 10.2 Å². The van der Waals surface area contributed by atoms with Gasteiger partial charge in [-0.25, -0.2) is 0 Å². The van der Waals surface area contributed by atoms with E-state index in [2.05, 4.69) is 17.1 Å². The first kappa shape index (κ1) is 14.8. The molecule has 17 heavy (non-hydrogen) atoms. The minimum Gasteiger partial charge on any atom is -0.314 e. The van der Waals surface area contributed by atoms with Gasteiger partial charge in [-0.05, 0) is 38.8 Å². The van der Waals surface area contributed by atoms with Gasteiger partial charge in [0.15, 0.2) is 0 Å². The fourth-order valence-corrected chi connectivity index (χ4v) is 2.39. The summed E-state index contributed by atoms with van der Waals surface area (Å²) in [5.74, 6) is 0.483. The number of piperidine rings is 1. The van der Waals surface area contributed by atoms with Gasteiger partial charge in [-0.15, -0.1) is 0 Å². The maximum Gasteiger partial charge on any atom is 0.390 e. The zero-order chi connectivity index (χ0) is 12.9. The molecule has 0 aromatic carbocycles. The van der Waals surface area contributed by atoms with Crippen molar-refractivity contribution >= 4 is 0 Å². The minimum atomic E-state index is -4.05. The molecule has 0 spiro atoms. The number of halogens is 3. The van der Waals surface area contributed by atoms with Crippen LogP contribution in [-0.2, 0) is 0 Å². The van der Waals surface area contributed by atoms with Crippen LogP contribution in [0.15, 0.2) is 0 Å². The Kier molecular flexibility index (Phi) is 5.73. The molecule has 1 N–H and O–H groups in total. The van der Waals surface area contributed by atoms with Crippen LogP contribution in [0.25, 0.3) is 0 Å². The van der Waals surface area contributed by atoms with Gasteiger partial charge in [0.1, 0.15) is 0 Å². The average Bonchev–Trinajstić information content (AvgIpc) is 2.27. The second kappa shape index (κ2) is 6.59. The van der Waals surface area contributed by atoms with Crippen molar-refractivity contribution in [2.45, 2.75) is 45.3 Å². The van der Waals surface area contributed by atoms with Crippen molar-refractivity contribution in [1.29, 1.82) is 0 Å². The molecular weight excluding hydrogens is 229 g/mol. The smallest absolute Gasteiger partial charge is 0.314 e. The Morgan fingerprint density at radius 1 is 1.41 bits per heavy atom. The molecule has 0 amide bonds. The molecular formula is C12H23F3N2. The lowest BCUT2D eigenvalue weighted by atomic mass is 9.91. The van der Waals surface area contributed by atoms with Gasteiger partial charge in [0.05, 0.1) is 6.42 Å². The number of alkyl halides is 3. The van der Waals surface area contributed by atoms with Crippen LogP contribution < -0.4 is 5.32 Å². The number of rotatable bonds is 5. The number of likely N-dealkylation sites (tertiary alicyclic amines) is 1. The van der Waals surface area contributed by atoms with E-state index in [-0.39, 0.29) is 12.6 Å². The molecule has 102 valence electrons. The molecule has 1 fully saturated rings. The SMILES string of the molecule is CCN1CCCC(C(C)NCCC(F)(F)F)C1. The number of hydrogen-bond donors (Lipinski definition) is 1. The standard InChI is InChI=1S/C12H23F3N2/c1-3-17-8-4-5-11(9-17)10(2)16-7-6-12(13,14)15/h10-11,16H,3-9H2,1-2H3. The van der Waals surface area contributed by atoms with Gasteiger partial charge in [0.2, 0.25) is 0 Å². The van der Waals surface area contributed by atoms with Gasteiger partial charge >= 0.3 is 6.18 Å². The quantitative estimate of drug-likeness (QED) is 0.809.